The van der Waals surface area contributed by atoms with Gasteiger partial charge in [0, 0.05) is 25.1 Å². The van der Waals surface area contributed by atoms with Gasteiger partial charge in [0.2, 0.25) is 10.9 Å². The molecule has 2 N–H and O–H groups in total. The molecule has 1 heterocycles. The van der Waals surface area contributed by atoms with Gasteiger partial charge in [-0.3, -0.25) is 9.59 Å². The van der Waals surface area contributed by atoms with E-state index < -0.39 is 0 Å². The zero-order chi connectivity index (χ0) is 20.5. The number of hydrogen-bond acceptors (Lipinski definition) is 6. The molecule has 0 saturated heterocycles. The molecular formula is C21H22N4O3S. The second kappa shape index (κ2) is 10.3. The molecule has 2 amide bonds. The van der Waals surface area contributed by atoms with Gasteiger partial charge >= 0.3 is 0 Å². The molecule has 3 aromatic rings. The van der Waals surface area contributed by atoms with Crippen LogP contribution < -0.4 is 15.4 Å². The SMILES string of the molecule is COc1ccc(NC(=O)c2nnc(CCCC(=O)NCc3ccccc3)s2)cc1. The molecular weight excluding hydrogens is 388 g/mol. The number of carbonyl (C=O) groups excluding carboxylic acids is 2. The van der Waals surface area contributed by atoms with E-state index in [-0.39, 0.29) is 11.8 Å². The fourth-order valence-corrected chi connectivity index (χ4v) is 3.37. The van der Waals surface area contributed by atoms with E-state index in [4.69, 9.17) is 4.74 Å². The van der Waals surface area contributed by atoms with Crippen LogP contribution in [0.15, 0.2) is 54.6 Å². The number of nitrogens with zero attached hydrogens (tertiary/aromatic N) is 2. The van der Waals surface area contributed by atoms with Crippen LogP contribution in [0.3, 0.4) is 0 Å². The molecule has 29 heavy (non-hydrogen) atoms. The topological polar surface area (TPSA) is 93.2 Å². The summed E-state index contributed by atoms with van der Waals surface area (Å²) in [6.07, 6.45) is 1.65. The van der Waals surface area contributed by atoms with Crippen molar-refractivity contribution in [3.8, 4) is 5.75 Å². The van der Waals surface area contributed by atoms with E-state index in [1.165, 1.54) is 11.3 Å². The summed E-state index contributed by atoms with van der Waals surface area (Å²) in [4.78, 5) is 24.2. The van der Waals surface area contributed by atoms with Crippen molar-refractivity contribution in [2.75, 3.05) is 12.4 Å². The maximum Gasteiger partial charge on any atom is 0.286 e. The Morgan fingerprint density at radius 1 is 1.03 bits per heavy atom. The predicted molar refractivity (Wildman–Crippen MR) is 112 cm³/mol. The Morgan fingerprint density at radius 2 is 1.79 bits per heavy atom. The van der Waals surface area contributed by atoms with Gasteiger partial charge in [0.25, 0.3) is 5.91 Å². The van der Waals surface area contributed by atoms with Crippen LogP contribution >= 0.6 is 11.3 Å². The molecule has 0 aliphatic carbocycles. The van der Waals surface area contributed by atoms with Crippen LogP contribution in [-0.2, 0) is 17.8 Å². The number of benzene rings is 2. The first-order chi connectivity index (χ1) is 14.1. The van der Waals surface area contributed by atoms with Gasteiger partial charge in [0.05, 0.1) is 7.11 Å². The standard InChI is InChI=1S/C21H22N4O3S/c1-28-17-12-10-16(11-13-17)23-20(27)21-25-24-19(29-21)9-5-8-18(26)22-14-15-6-3-2-4-7-15/h2-4,6-7,10-13H,5,8-9,14H2,1H3,(H,22,26)(H,23,27). The number of amides is 2. The lowest BCUT2D eigenvalue weighted by Crippen LogP contribution is -2.22. The van der Waals surface area contributed by atoms with Gasteiger partial charge in [-0.1, -0.05) is 41.7 Å². The van der Waals surface area contributed by atoms with Gasteiger partial charge in [-0.2, -0.15) is 0 Å². The van der Waals surface area contributed by atoms with Gasteiger partial charge in [-0.05, 0) is 36.2 Å². The van der Waals surface area contributed by atoms with Crippen LogP contribution in [0.25, 0.3) is 0 Å². The Labute approximate surface area is 173 Å². The van der Waals surface area contributed by atoms with Gasteiger partial charge in [-0.15, -0.1) is 10.2 Å². The summed E-state index contributed by atoms with van der Waals surface area (Å²) in [5, 5.41) is 14.7. The number of rotatable bonds is 9. The first kappa shape index (κ1) is 20.5. The normalized spacial score (nSPS) is 10.4. The van der Waals surface area contributed by atoms with Crippen LogP contribution in [0.4, 0.5) is 5.69 Å². The number of carbonyl (C=O) groups is 2. The zero-order valence-electron chi connectivity index (χ0n) is 16.1. The van der Waals surface area contributed by atoms with E-state index in [9.17, 15) is 9.59 Å². The molecule has 0 unspecified atom stereocenters. The number of anilines is 1. The molecule has 0 saturated carbocycles. The van der Waals surface area contributed by atoms with E-state index in [1.54, 1.807) is 31.4 Å². The average molecular weight is 410 g/mol. The highest BCUT2D eigenvalue weighted by Gasteiger charge is 2.13. The van der Waals surface area contributed by atoms with Gasteiger partial charge < -0.3 is 15.4 Å². The maximum absolute atomic E-state index is 12.3. The Hall–Kier alpha value is -3.26. The summed E-state index contributed by atoms with van der Waals surface area (Å²) >= 11 is 1.24. The Bertz CT molecular complexity index is 942. The lowest BCUT2D eigenvalue weighted by atomic mass is 10.2. The molecule has 0 radical (unpaired) electrons. The molecule has 3 rings (SSSR count). The highest BCUT2D eigenvalue weighted by atomic mass is 32.1. The summed E-state index contributed by atoms with van der Waals surface area (Å²) in [6, 6.07) is 16.8. The van der Waals surface area contributed by atoms with E-state index in [0.29, 0.717) is 42.3 Å². The third-order valence-corrected chi connectivity index (χ3v) is 5.12. The summed E-state index contributed by atoms with van der Waals surface area (Å²) < 4.78 is 5.09. The van der Waals surface area contributed by atoms with Crippen molar-refractivity contribution in [3.05, 3.63) is 70.2 Å². The van der Waals surface area contributed by atoms with Crippen LogP contribution in [0.5, 0.6) is 5.75 Å². The van der Waals surface area contributed by atoms with E-state index >= 15 is 0 Å². The van der Waals surface area contributed by atoms with E-state index in [0.717, 1.165) is 10.6 Å². The lowest BCUT2D eigenvalue weighted by Gasteiger charge is -2.04. The smallest absolute Gasteiger partial charge is 0.286 e. The molecule has 0 fully saturated rings. The predicted octanol–water partition coefficient (Wildman–Crippen LogP) is 3.44. The van der Waals surface area contributed by atoms with Crippen molar-refractivity contribution in [3.63, 3.8) is 0 Å². The van der Waals surface area contributed by atoms with Crippen molar-refractivity contribution in [2.24, 2.45) is 0 Å². The van der Waals surface area contributed by atoms with E-state index in [2.05, 4.69) is 20.8 Å². The number of aryl methyl sites for hydroxylation is 1. The monoisotopic (exact) mass is 410 g/mol. The molecule has 1 aromatic heterocycles. The highest BCUT2D eigenvalue weighted by molar-refractivity contribution is 7.13. The molecule has 0 aliphatic heterocycles. The van der Waals surface area contributed by atoms with Crippen molar-refractivity contribution in [1.29, 1.82) is 0 Å². The molecule has 0 spiro atoms. The fourth-order valence-electron chi connectivity index (χ4n) is 2.59. The summed E-state index contributed by atoms with van der Waals surface area (Å²) in [5.41, 5.74) is 1.72. The van der Waals surface area contributed by atoms with Crippen molar-refractivity contribution < 1.29 is 14.3 Å². The number of hydrogen-bond donors (Lipinski definition) is 2. The second-order valence-electron chi connectivity index (χ2n) is 6.30. The van der Waals surface area contributed by atoms with Crippen molar-refractivity contribution in [1.82, 2.24) is 15.5 Å². The molecule has 0 atom stereocenters. The average Bonchev–Trinajstić information content (AvgIpc) is 3.23. The largest absolute Gasteiger partial charge is 0.497 e. The summed E-state index contributed by atoms with van der Waals surface area (Å²) in [6.45, 7) is 0.522. The van der Waals surface area contributed by atoms with Crippen molar-refractivity contribution in [2.45, 2.75) is 25.8 Å². The fraction of sp³-hybridized carbons (Fsp3) is 0.238. The minimum absolute atomic E-state index is 0.00385. The first-order valence-electron chi connectivity index (χ1n) is 9.22. The number of nitrogens with one attached hydrogen (secondary N) is 2. The second-order valence-corrected chi connectivity index (χ2v) is 7.36. The van der Waals surface area contributed by atoms with Crippen LogP contribution in [0, 0.1) is 0 Å². The Kier molecular flexibility index (Phi) is 7.29. The number of ether oxygens (including phenoxy) is 1. The van der Waals surface area contributed by atoms with Crippen LogP contribution in [0.2, 0.25) is 0 Å². The molecule has 0 bridgehead atoms. The molecule has 7 nitrogen and oxygen atoms in total. The van der Waals surface area contributed by atoms with Crippen LogP contribution in [-0.4, -0.2) is 29.1 Å². The molecule has 8 heteroatoms. The molecule has 2 aromatic carbocycles. The summed E-state index contributed by atoms with van der Waals surface area (Å²) in [7, 11) is 1.59. The lowest BCUT2D eigenvalue weighted by molar-refractivity contribution is -0.121. The first-order valence-corrected chi connectivity index (χ1v) is 10.0. The van der Waals surface area contributed by atoms with Gasteiger partial charge in [0.1, 0.15) is 10.8 Å². The zero-order valence-corrected chi connectivity index (χ0v) is 16.9. The maximum atomic E-state index is 12.3. The third-order valence-electron chi connectivity index (χ3n) is 4.14. The summed E-state index contributed by atoms with van der Waals surface area (Å²) in [5.74, 6) is 0.407. The van der Waals surface area contributed by atoms with Gasteiger partial charge in [-0.25, -0.2) is 0 Å². The van der Waals surface area contributed by atoms with Gasteiger partial charge in [0.15, 0.2) is 0 Å². The van der Waals surface area contributed by atoms with Crippen molar-refractivity contribution >= 4 is 28.8 Å². The van der Waals surface area contributed by atoms with E-state index in [1.807, 2.05) is 30.3 Å². The minimum atomic E-state index is -0.306. The van der Waals surface area contributed by atoms with Crippen LogP contribution in [0.1, 0.15) is 33.2 Å². The quantitative estimate of drug-likeness (QED) is 0.564. The Balaban J connectivity index is 1.41. The molecule has 0 aliphatic rings. The number of aromatic nitrogens is 2. The third kappa shape index (κ3) is 6.39. The minimum Gasteiger partial charge on any atom is -0.497 e. The molecule has 150 valence electrons. The Morgan fingerprint density at radius 3 is 2.52 bits per heavy atom. The number of methoxy groups -OCH3 is 1. The highest BCUT2D eigenvalue weighted by Crippen LogP contribution is 2.18.